The molecule has 0 aromatic rings. The van der Waals surface area contributed by atoms with Crippen molar-refractivity contribution in [2.75, 3.05) is 0 Å². The molecule has 4 N–H and O–H groups in total. The molecule has 0 aliphatic carbocycles. The first-order chi connectivity index (χ1) is 1.73. The molecular weight excluding hydrogens is 305 g/mol. The zero-order valence-electron chi connectivity index (χ0n) is 2.66. The van der Waals surface area contributed by atoms with Crippen LogP contribution < -0.4 is 0 Å². The van der Waals surface area contributed by atoms with E-state index in [4.69, 9.17) is 15.0 Å². The predicted molar refractivity (Wildman–Crippen MR) is 21.4 cm³/mol. The second-order valence-electron chi connectivity index (χ2n) is 0.283. The molecule has 0 aliphatic heterocycles. The summed E-state index contributed by atoms with van der Waals surface area (Å²) in [4.78, 5) is 8.56. The van der Waals surface area contributed by atoms with Crippen LogP contribution >= 0.6 is 0 Å². The van der Waals surface area contributed by atoms with Crippen molar-refractivity contribution in [1.29, 1.82) is 0 Å². The first kappa shape index (κ1) is 23.6. The Kier molecular flexibility index (Phi) is 52.8. The van der Waals surface area contributed by atoms with Crippen molar-refractivity contribution in [2.45, 2.75) is 0 Å². The van der Waals surface area contributed by atoms with Gasteiger partial charge in [-0.3, -0.25) is 0 Å². The molecule has 0 aromatic heterocycles. The maximum Gasteiger partial charge on any atom is 0 e. The fourth-order valence-corrected chi connectivity index (χ4v) is 0. The SMILES string of the molecule is O.O=C(O)O.[KH].[Os]. The van der Waals surface area contributed by atoms with Crippen molar-refractivity contribution >= 4 is 57.5 Å². The van der Waals surface area contributed by atoms with E-state index in [1.807, 2.05) is 0 Å². The first-order valence-electron chi connectivity index (χ1n) is 0.651. The molecule has 0 spiro atoms. The molecule has 0 atom stereocenters. The van der Waals surface area contributed by atoms with Crippen LogP contribution in [0.1, 0.15) is 0 Å². The molecule has 0 fully saturated rings. The maximum atomic E-state index is 8.56. The van der Waals surface area contributed by atoms with Gasteiger partial charge in [-0.2, -0.15) is 0 Å². The quantitative estimate of drug-likeness (QED) is 0.548. The Morgan fingerprint density at radius 3 is 1.29 bits per heavy atom. The van der Waals surface area contributed by atoms with Crippen molar-refractivity contribution in [1.82, 2.24) is 0 Å². The summed E-state index contributed by atoms with van der Waals surface area (Å²) in [5.74, 6) is 0. The van der Waals surface area contributed by atoms with E-state index >= 15 is 0 Å². The van der Waals surface area contributed by atoms with E-state index in [2.05, 4.69) is 0 Å². The number of hydrogen-bond donors (Lipinski definition) is 2. The average Bonchev–Trinajstić information content (AvgIpc) is 0.811. The van der Waals surface area contributed by atoms with Gasteiger partial charge >= 0.3 is 57.5 Å². The molecule has 0 saturated heterocycles. The number of carboxylic acid groups (broad SMARTS) is 2. The Hall–Kier alpha value is 1.50. The molecule has 0 unspecified atom stereocenters. The summed E-state index contributed by atoms with van der Waals surface area (Å²) in [6.45, 7) is 0. The third kappa shape index (κ3) is 101. The third-order valence-corrected chi connectivity index (χ3v) is 0. The van der Waals surface area contributed by atoms with Crippen LogP contribution in [0, 0.1) is 0 Å². The van der Waals surface area contributed by atoms with Crippen molar-refractivity contribution in [3.8, 4) is 0 Å². The zero-order chi connectivity index (χ0) is 3.58. The fourth-order valence-electron chi connectivity index (χ4n) is 0. The smallest absolute Gasteiger partial charge is 0 e. The molecule has 0 aromatic carbocycles. The maximum absolute atomic E-state index is 8.56. The zero-order valence-corrected chi connectivity index (χ0v) is 5.20. The minimum absolute atomic E-state index is 0. The molecule has 6 heteroatoms. The van der Waals surface area contributed by atoms with Gasteiger partial charge in [0.2, 0.25) is 0 Å². The summed E-state index contributed by atoms with van der Waals surface area (Å²) in [5, 5.41) is 13.9. The van der Waals surface area contributed by atoms with Crippen LogP contribution in [-0.4, -0.2) is 73.2 Å². The van der Waals surface area contributed by atoms with Gasteiger partial charge in [0.15, 0.2) is 0 Å². The van der Waals surface area contributed by atoms with E-state index < -0.39 is 6.16 Å². The minimum Gasteiger partial charge on any atom is 0 e. The van der Waals surface area contributed by atoms with Crippen LogP contribution in [0.4, 0.5) is 4.79 Å². The summed E-state index contributed by atoms with van der Waals surface area (Å²) in [5.41, 5.74) is 0. The van der Waals surface area contributed by atoms with Gasteiger partial charge < -0.3 is 15.7 Å². The Bertz CT molecular complexity index is 34.7. The van der Waals surface area contributed by atoms with Gasteiger partial charge in [-0.25, -0.2) is 4.79 Å². The summed E-state index contributed by atoms with van der Waals surface area (Å²) < 4.78 is 0. The molecular formula is CH5KO4Os. The first-order valence-corrected chi connectivity index (χ1v) is 0.651. The standard InChI is InChI=1S/CH2O3.K.H2O.Os.H/c2-1(3)4;;;;/h(H2,2,3,4);;1H2;;. The van der Waals surface area contributed by atoms with Crippen LogP contribution in [0.25, 0.3) is 0 Å². The van der Waals surface area contributed by atoms with E-state index in [0.717, 1.165) is 0 Å². The summed E-state index contributed by atoms with van der Waals surface area (Å²) in [6, 6.07) is 0. The van der Waals surface area contributed by atoms with E-state index in [9.17, 15) is 0 Å². The van der Waals surface area contributed by atoms with E-state index in [-0.39, 0.29) is 76.7 Å². The third-order valence-electron chi connectivity index (χ3n) is 0. The van der Waals surface area contributed by atoms with E-state index in [1.165, 1.54) is 0 Å². The molecule has 0 bridgehead atoms. The second kappa shape index (κ2) is 15.6. The van der Waals surface area contributed by atoms with Gasteiger partial charge in [-0.15, -0.1) is 0 Å². The van der Waals surface area contributed by atoms with Crippen LogP contribution in [0.2, 0.25) is 0 Å². The summed E-state index contributed by atoms with van der Waals surface area (Å²) in [6.07, 6.45) is -1.83. The van der Waals surface area contributed by atoms with Gasteiger partial charge in [0.1, 0.15) is 0 Å². The summed E-state index contributed by atoms with van der Waals surface area (Å²) in [7, 11) is 0. The Morgan fingerprint density at radius 2 is 1.29 bits per heavy atom. The van der Waals surface area contributed by atoms with E-state index in [0.29, 0.717) is 0 Å². The Labute approximate surface area is 96.1 Å². The molecule has 0 saturated carbocycles. The van der Waals surface area contributed by atoms with Crippen LogP contribution in [0.3, 0.4) is 0 Å². The van der Waals surface area contributed by atoms with E-state index in [1.54, 1.807) is 0 Å². The minimum atomic E-state index is -1.83. The van der Waals surface area contributed by atoms with Crippen molar-refractivity contribution in [2.24, 2.45) is 0 Å². The number of carbonyl (C=O) groups is 1. The number of hydrogen-bond acceptors (Lipinski definition) is 1. The topological polar surface area (TPSA) is 89.0 Å². The van der Waals surface area contributed by atoms with Gasteiger partial charge in [-0.05, 0) is 0 Å². The van der Waals surface area contributed by atoms with Gasteiger partial charge in [-0.1, -0.05) is 0 Å². The predicted octanol–water partition coefficient (Wildman–Crippen LogP) is -1.25. The normalized spacial score (nSPS) is 3.43. The molecule has 0 aliphatic rings. The molecule has 4 nitrogen and oxygen atoms in total. The Morgan fingerprint density at radius 1 is 1.29 bits per heavy atom. The largest absolute Gasteiger partial charge is 0 e. The summed E-state index contributed by atoms with van der Waals surface area (Å²) >= 11 is 0. The van der Waals surface area contributed by atoms with Crippen molar-refractivity contribution < 1.29 is 40.3 Å². The molecule has 7 heavy (non-hydrogen) atoms. The average molecular weight is 310 g/mol. The van der Waals surface area contributed by atoms with Crippen molar-refractivity contribution in [3.63, 3.8) is 0 Å². The monoisotopic (exact) mass is 312 g/mol. The van der Waals surface area contributed by atoms with Gasteiger partial charge in [0, 0.05) is 19.8 Å². The number of rotatable bonds is 0. The van der Waals surface area contributed by atoms with Gasteiger partial charge in [0.05, 0.1) is 0 Å². The molecule has 0 rings (SSSR count). The second-order valence-corrected chi connectivity index (χ2v) is 0.283. The molecule has 0 heterocycles. The van der Waals surface area contributed by atoms with Crippen LogP contribution in [0.15, 0.2) is 0 Å². The van der Waals surface area contributed by atoms with Crippen LogP contribution in [-0.2, 0) is 19.8 Å². The molecule has 42 valence electrons. The molecule has 0 amide bonds. The van der Waals surface area contributed by atoms with Crippen molar-refractivity contribution in [3.05, 3.63) is 0 Å². The Balaban J connectivity index is -0.0000000150. The molecule has 0 radical (unpaired) electrons. The van der Waals surface area contributed by atoms with Crippen LogP contribution in [0.5, 0.6) is 0 Å². The fraction of sp³-hybridized carbons (Fsp3) is 0. The van der Waals surface area contributed by atoms with Gasteiger partial charge in [0.25, 0.3) is 0 Å².